The first-order chi connectivity index (χ1) is 16.6. The molecule has 5 aromatic rings. The highest BCUT2D eigenvalue weighted by Crippen LogP contribution is 2.43. The molecular formula is C30H15NO3. The van der Waals surface area contributed by atoms with Gasteiger partial charge in [-0.1, -0.05) is 84.9 Å². The number of carbonyl (C=O) groups excluding carboxylic acids is 3. The van der Waals surface area contributed by atoms with Gasteiger partial charge < -0.3 is 0 Å². The Labute approximate surface area is 194 Å². The standard InChI is InChI=1S/C30H15NO3/c32-28-19-8-2-1-7-18(19)27-25-16(11-5-13-22(25)28)24(15-31-27)17-12-6-14-23-26(17)30(34)21-10-4-3-9-20(21)29(23)33/h1-15H. The van der Waals surface area contributed by atoms with E-state index in [0.29, 0.717) is 38.9 Å². The molecule has 1 heterocycles. The maximum atomic E-state index is 13.6. The van der Waals surface area contributed by atoms with Crippen LogP contribution in [-0.2, 0) is 0 Å². The zero-order chi connectivity index (χ0) is 23.0. The number of fused-ring (bicyclic) bond motifs is 4. The summed E-state index contributed by atoms with van der Waals surface area (Å²) >= 11 is 0. The third-order valence-electron chi connectivity index (χ3n) is 6.83. The van der Waals surface area contributed by atoms with E-state index in [4.69, 9.17) is 4.98 Å². The minimum atomic E-state index is -0.178. The molecule has 0 atom stereocenters. The van der Waals surface area contributed by atoms with Gasteiger partial charge in [-0.2, -0.15) is 0 Å². The Morgan fingerprint density at radius 3 is 1.74 bits per heavy atom. The van der Waals surface area contributed by atoms with Crippen molar-refractivity contribution in [2.24, 2.45) is 0 Å². The van der Waals surface area contributed by atoms with Crippen LogP contribution in [-0.4, -0.2) is 22.3 Å². The Morgan fingerprint density at radius 2 is 0.971 bits per heavy atom. The number of pyridine rings is 1. The molecule has 0 spiro atoms. The first-order valence-corrected chi connectivity index (χ1v) is 11.0. The lowest BCUT2D eigenvalue weighted by atomic mass is 9.79. The molecule has 0 saturated carbocycles. The maximum Gasteiger partial charge on any atom is 0.195 e. The van der Waals surface area contributed by atoms with E-state index in [1.165, 1.54) is 0 Å². The molecule has 0 N–H and O–H groups in total. The molecule has 0 aliphatic heterocycles. The van der Waals surface area contributed by atoms with Gasteiger partial charge in [0.05, 0.1) is 5.69 Å². The number of rotatable bonds is 1. The number of aromatic nitrogens is 1. The summed E-state index contributed by atoms with van der Waals surface area (Å²) < 4.78 is 0. The molecule has 4 aromatic carbocycles. The summed E-state index contributed by atoms with van der Waals surface area (Å²) in [5.74, 6) is -0.377. The van der Waals surface area contributed by atoms with Crippen LogP contribution in [0.5, 0.6) is 0 Å². The third kappa shape index (κ3) is 2.32. The van der Waals surface area contributed by atoms with E-state index in [2.05, 4.69) is 0 Å². The van der Waals surface area contributed by atoms with Gasteiger partial charge >= 0.3 is 0 Å². The highest BCUT2D eigenvalue weighted by molar-refractivity contribution is 6.31. The fraction of sp³-hybridized carbons (Fsp3) is 0. The van der Waals surface area contributed by atoms with Gasteiger partial charge in [-0.05, 0) is 10.9 Å². The van der Waals surface area contributed by atoms with Crippen molar-refractivity contribution < 1.29 is 14.4 Å². The minimum absolute atomic E-state index is 0.0390. The second-order valence-corrected chi connectivity index (χ2v) is 8.56. The molecule has 0 bridgehead atoms. The van der Waals surface area contributed by atoms with E-state index in [1.807, 2.05) is 48.5 Å². The Balaban J connectivity index is 1.55. The van der Waals surface area contributed by atoms with Crippen molar-refractivity contribution in [3.05, 3.63) is 125 Å². The highest BCUT2D eigenvalue weighted by atomic mass is 16.1. The molecule has 0 saturated heterocycles. The normalized spacial score (nSPS) is 13.5. The Hall–Kier alpha value is -4.70. The number of hydrogen-bond acceptors (Lipinski definition) is 4. The molecule has 0 unspecified atom stereocenters. The summed E-state index contributed by atoms with van der Waals surface area (Å²) in [6, 6.07) is 25.4. The van der Waals surface area contributed by atoms with Gasteiger partial charge in [-0.3, -0.25) is 19.4 Å². The monoisotopic (exact) mass is 437 g/mol. The van der Waals surface area contributed by atoms with E-state index in [1.54, 1.807) is 42.6 Å². The molecule has 4 heteroatoms. The van der Waals surface area contributed by atoms with Crippen molar-refractivity contribution in [1.82, 2.24) is 4.98 Å². The summed E-state index contributed by atoms with van der Waals surface area (Å²) in [6.07, 6.45) is 1.75. The zero-order valence-corrected chi connectivity index (χ0v) is 17.8. The SMILES string of the molecule is O=C1c2ccccc2C(=O)c2c1cccc2-c1cnc2c3c(cccc13)C(=O)c1ccccc1-2. The largest absolute Gasteiger partial charge is 0.289 e. The molecule has 2 aliphatic rings. The maximum absolute atomic E-state index is 13.6. The molecule has 0 amide bonds. The van der Waals surface area contributed by atoms with E-state index in [0.717, 1.165) is 27.6 Å². The van der Waals surface area contributed by atoms with Crippen molar-refractivity contribution in [2.45, 2.75) is 0 Å². The zero-order valence-electron chi connectivity index (χ0n) is 17.8. The third-order valence-corrected chi connectivity index (χ3v) is 6.83. The van der Waals surface area contributed by atoms with E-state index in [9.17, 15) is 14.4 Å². The topological polar surface area (TPSA) is 64.1 Å². The van der Waals surface area contributed by atoms with Crippen molar-refractivity contribution in [3.63, 3.8) is 0 Å². The van der Waals surface area contributed by atoms with Crippen LogP contribution in [0.25, 0.3) is 33.2 Å². The smallest absolute Gasteiger partial charge is 0.195 e. The Bertz CT molecular complexity index is 1760. The van der Waals surface area contributed by atoms with E-state index < -0.39 is 0 Å². The van der Waals surface area contributed by atoms with Gasteiger partial charge in [0, 0.05) is 56.1 Å². The summed E-state index contributed by atoms with van der Waals surface area (Å²) in [5.41, 5.74) is 5.77. The lowest BCUT2D eigenvalue weighted by molar-refractivity contribution is 0.0979. The van der Waals surface area contributed by atoms with Crippen LogP contribution in [0.15, 0.2) is 91.1 Å². The molecule has 0 radical (unpaired) electrons. The molecule has 1 aromatic heterocycles. The van der Waals surface area contributed by atoms with Crippen LogP contribution < -0.4 is 0 Å². The lowest BCUT2D eigenvalue weighted by Crippen LogP contribution is -2.21. The van der Waals surface area contributed by atoms with Gasteiger partial charge in [-0.15, -0.1) is 0 Å². The fourth-order valence-electron chi connectivity index (χ4n) is 5.31. The minimum Gasteiger partial charge on any atom is -0.289 e. The summed E-state index contributed by atoms with van der Waals surface area (Å²) in [6.45, 7) is 0. The Morgan fingerprint density at radius 1 is 0.441 bits per heavy atom. The fourth-order valence-corrected chi connectivity index (χ4v) is 5.31. The van der Waals surface area contributed by atoms with Gasteiger partial charge in [0.2, 0.25) is 0 Å². The van der Waals surface area contributed by atoms with Crippen LogP contribution in [0.4, 0.5) is 0 Å². The first kappa shape index (κ1) is 18.8. The van der Waals surface area contributed by atoms with Crippen LogP contribution in [0.3, 0.4) is 0 Å². The van der Waals surface area contributed by atoms with Crippen molar-refractivity contribution >= 4 is 28.1 Å². The molecule has 4 nitrogen and oxygen atoms in total. The van der Waals surface area contributed by atoms with Gasteiger partial charge in [0.1, 0.15) is 0 Å². The van der Waals surface area contributed by atoms with Crippen LogP contribution in [0, 0.1) is 0 Å². The van der Waals surface area contributed by atoms with Gasteiger partial charge in [0.15, 0.2) is 17.3 Å². The second-order valence-electron chi connectivity index (χ2n) is 8.56. The van der Waals surface area contributed by atoms with Crippen LogP contribution in [0.1, 0.15) is 47.8 Å². The number of nitrogens with zero attached hydrogens (tertiary/aromatic N) is 1. The van der Waals surface area contributed by atoms with E-state index in [-0.39, 0.29) is 17.3 Å². The number of carbonyl (C=O) groups is 3. The lowest BCUT2D eigenvalue weighted by Gasteiger charge is -2.23. The van der Waals surface area contributed by atoms with Crippen molar-refractivity contribution in [3.8, 4) is 22.4 Å². The predicted molar refractivity (Wildman–Crippen MR) is 129 cm³/mol. The Kier molecular flexibility index (Phi) is 3.69. The summed E-state index contributed by atoms with van der Waals surface area (Å²) in [4.78, 5) is 44.9. The summed E-state index contributed by atoms with van der Waals surface area (Å²) in [7, 11) is 0. The molecule has 7 rings (SSSR count). The van der Waals surface area contributed by atoms with Crippen molar-refractivity contribution in [2.75, 3.05) is 0 Å². The van der Waals surface area contributed by atoms with Crippen molar-refractivity contribution in [1.29, 1.82) is 0 Å². The molecule has 158 valence electrons. The number of hydrogen-bond donors (Lipinski definition) is 0. The first-order valence-electron chi connectivity index (χ1n) is 11.0. The molecule has 34 heavy (non-hydrogen) atoms. The predicted octanol–water partition coefficient (Wildman–Crippen LogP) is 5.89. The highest BCUT2D eigenvalue weighted by Gasteiger charge is 2.33. The molecule has 2 aliphatic carbocycles. The number of ketones is 3. The van der Waals surface area contributed by atoms with Gasteiger partial charge in [0.25, 0.3) is 0 Å². The molecular weight excluding hydrogens is 422 g/mol. The average Bonchev–Trinajstić information content (AvgIpc) is 2.89. The van der Waals surface area contributed by atoms with E-state index >= 15 is 0 Å². The van der Waals surface area contributed by atoms with Crippen LogP contribution >= 0.6 is 0 Å². The number of benzene rings is 4. The summed E-state index contributed by atoms with van der Waals surface area (Å²) in [5, 5.41) is 1.61. The quantitative estimate of drug-likeness (QED) is 0.321. The van der Waals surface area contributed by atoms with Gasteiger partial charge in [-0.25, -0.2) is 0 Å². The van der Waals surface area contributed by atoms with Crippen LogP contribution in [0.2, 0.25) is 0 Å². The average molecular weight is 437 g/mol. The molecule has 0 fully saturated rings. The second kappa shape index (κ2) is 6.65.